The zero-order valence-corrected chi connectivity index (χ0v) is 10.6. The van der Waals surface area contributed by atoms with Crippen molar-refractivity contribution in [2.75, 3.05) is 0 Å². The molecule has 0 radical (unpaired) electrons. The molecule has 16 heavy (non-hydrogen) atoms. The van der Waals surface area contributed by atoms with E-state index in [-0.39, 0.29) is 22.3 Å². The molecule has 1 atom stereocenters. The molecule has 0 aliphatic rings. The first-order valence-corrected chi connectivity index (χ1v) is 5.63. The van der Waals surface area contributed by atoms with Gasteiger partial charge < -0.3 is 0 Å². The van der Waals surface area contributed by atoms with Gasteiger partial charge in [0.1, 0.15) is 5.82 Å². The molecule has 4 heteroatoms. The lowest BCUT2D eigenvalue weighted by Gasteiger charge is -2.30. The number of hydrogen-bond donors (Lipinski definition) is 2. The van der Waals surface area contributed by atoms with Crippen LogP contribution in [0.1, 0.15) is 26.3 Å². The van der Waals surface area contributed by atoms with Gasteiger partial charge in [0.25, 0.3) is 0 Å². The highest BCUT2D eigenvalue weighted by Crippen LogP contribution is 2.25. The second-order valence-corrected chi connectivity index (χ2v) is 5.41. The van der Waals surface area contributed by atoms with E-state index in [1.807, 2.05) is 0 Å². The van der Waals surface area contributed by atoms with Crippen molar-refractivity contribution >= 4 is 11.6 Å². The van der Waals surface area contributed by atoms with E-state index in [2.05, 4.69) is 26.2 Å². The van der Waals surface area contributed by atoms with Gasteiger partial charge in [-0.15, -0.1) is 0 Å². The van der Waals surface area contributed by atoms with Crippen LogP contribution in [0.15, 0.2) is 18.2 Å². The van der Waals surface area contributed by atoms with Crippen molar-refractivity contribution in [1.29, 1.82) is 0 Å². The normalized spacial score (nSPS) is 13.9. The molecule has 1 unspecified atom stereocenters. The van der Waals surface area contributed by atoms with Crippen molar-refractivity contribution in [2.24, 2.45) is 11.3 Å². The van der Waals surface area contributed by atoms with Crippen LogP contribution >= 0.6 is 11.6 Å². The van der Waals surface area contributed by atoms with Crippen LogP contribution in [0.3, 0.4) is 0 Å². The minimum Gasteiger partial charge on any atom is -0.271 e. The lowest BCUT2D eigenvalue weighted by atomic mass is 9.83. The molecular formula is C12H18ClFN2. The molecule has 0 spiro atoms. The first kappa shape index (κ1) is 13.4. The molecule has 1 aromatic carbocycles. The minimum atomic E-state index is -0.353. The lowest BCUT2D eigenvalue weighted by Crippen LogP contribution is -2.45. The van der Waals surface area contributed by atoms with Crippen molar-refractivity contribution in [2.45, 2.75) is 33.2 Å². The zero-order chi connectivity index (χ0) is 12.3. The minimum absolute atomic E-state index is 0.000432. The third-order valence-corrected chi connectivity index (χ3v) is 2.99. The molecule has 0 aliphatic carbocycles. The number of hydrazine groups is 1. The Bertz CT molecular complexity index is 361. The summed E-state index contributed by atoms with van der Waals surface area (Å²) in [6.45, 7) is 6.17. The molecule has 0 aliphatic heterocycles. The number of nitrogens with one attached hydrogen (secondary N) is 1. The summed E-state index contributed by atoms with van der Waals surface area (Å²) in [5, 5.41) is 0.155. The molecular weight excluding hydrogens is 227 g/mol. The summed E-state index contributed by atoms with van der Waals surface area (Å²) in [4.78, 5) is 0. The van der Waals surface area contributed by atoms with Crippen molar-refractivity contribution in [1.82, 2.24) is 5.43 Å². The van der Waals surface area contributed by atoms with Gasteiger partial charge in [-0.05, 0) is 23.5 Å². The molecule has 0 saturated heterocycles. The molecule has 3 N–H and O–H groups in total. The summed E-state index contributed by atoms with van der Waals surface area (Å²) < 4.78 is 13.7. The quantitative estimate of drug-likeness (QED) is 0.634. The summed E-state index contributed by atoms with van der Waals surface area (Å²) in [7, 11) is 0. The van der Waals surface area contributed by atoms with Gasteiger partial charge in [0, 0.05) is 6.04 Å². The fraction of sp³-hybridized carbons (Fsp3) is 0.500. The fourth-order valence-corrected chi connectivity index (χ4v) is 1.74. The average Bonchev–Trinajstić information content (AvgIpc) is 2.18. The Hall–Kier alpha value is -0.640. The molecule has 0 fully saturated rings. The number of halogens is 2. The van der Waals surface area contributed by atoms with Crippen molar-refractivity contribution in [3.05, 3.63) is 34.6 Å². The van der Waals surface area contributed by atoms with E-state index in [9.17, 15) is 4.39 Å². The molecule has 0 aromatic heterocycles. The van der Waals surface area contributed by atoms with Gasteiger partial charge in [-0.1, -0.05) is 44.5 Å². The summed E-state index contributed by atoms with van der Waals surface area (Å²) in [5.74, 6) is 5.14. The number of benzene rings is 1. The first-order valence-electron chi connectivity index (χ1n) is 5.25. The highest BCUT2D eigenvalue weighted by Gasteiger charge is 2.24. The summed E-state index contributed by atoms with van der Waals surface area (Å²) in [6.07, 6.45) is 0.520. The maximum Gasteiger partial charge on any atom is 0.145 e. The van der Waals surface area contributed by atoms with Crippen molar-refractivity contribution in [3.63, 3.8) is 0 Å². The van der Waals surface area contributed by atoms with Crippen LogP contribution in [-0.2, 0) is 6.42 Å². The van der Waals surface area contributed by atoms with E-state index in [1.54, 1.807) is 18.2 Å². The van der Waals surface area contributed by atoms with E-state index in [1.165, 1.54) is 0 Å². The van der Waals surface area contributed by atoms with Gasteiger partial charge in [0.2, 0.25) is 0 Å². The van der Waals surface area contributed by atoms with E-state index in [0.29, 0.717) is 12.0 Å². The van der Waals surface area contributed by atoms with Gasteiger partial charge in [-0.3, -0.25) is 11.3 Å². The van der Waals surface area contributed by atoms with Crippen molar-refractivity contribution < 1.29 is 4.39 Å². The number of nitrogens with two attached hydrogens (primary N) is 1. The summed E-state index contributed by atoms with van der Waals surface area (Å²) in [5.41, 5.74) is 3.28. The average molecular weight is 245 g/mol. The van der Waals surface area contributed by atoms with E-state index < -0.39 is 0 Å². The molecule has 90 valence electrons. The number of rotatable bonds is 3. The smallest absolute Gasteiger partial charge is 0.145 e. The predicted molar refractivity (Wildman–Crippen MR) is 65.7 cm³/mol. The maximum absolute atomic E-state index is 13.7. The Morgan fingerprint density at radius 2 is 2.06 bits per heavy atom. The van der Waals surface area contributed by atoms with Gasteiger partial charge in [-0.25, -0.2) is 4.39 Å². The van der Waals surface area contributed by atoms with Crippen LogP contribution in [0.2, 0.25) is 5.02 Å². The third-order valence-electron chi connectivity index (χ3n) is 2.70. The monoisotopic (exact) mass is 244 g/mol. The Morgan fingerprint density at radius 1 is 1.44 bits per heavy atom. The topological polar surface area (TPSA) is 38.0 Å². The third kappa shape index (κ3) is 3.17. The summed E-state index contributed by atoms with van der Waals surface area (Å²) >= 11 is 5.73. The highest BCUT2D eigenvalue weighted by atomic mass is 35.5. The Morgan fingerprint density at radius 3 is 2.56 bits per heavy atom. The molecule has 0 bridgehead atoms. The standard InChI is InChI=1S/C12H18ClFN2/c1-12(2,3)10(16-15)7-8-5-4-6-9(13)11(8)14/h4-6,10,16H,7,15H2,1-3H3. The lowest BCUT2D eigenvalue weighted by molar-refractivity contribution is 0.267. The molecule has 1 aromatic rings. The SMILES string of the molecule is CC(C)(C)C(Cc1cccc(Cl)c1F)NN. The first-order chi connectivity index (χ1) is 7.36. The van der Waals surface area contributed by atoms with Gasteiger partial charge in [0.05, 0.1) is 5.02 Å². The van der Waals surface area contributed by atoms with Crippen LogP contribution in [0.5, 0.6) is 0 Å². The highest BCUT2D eigenvalue weighted by molar-refractivity contribution is 6.30. The Kier molecular flexibility index (Phi) is 4.30. The Labute approximate surface area is 101 Å². The maximum atomic E-state index is 13.7. The van der Waals surface area contributed by atoms with E-state index in [4.69, 9.17) is 17.4 Å². The van der Waals surface area contributed by atoms with Crippen LogP contribution < -0.4 is 11.3 Å². The van der Waals surface area contributed by atoms with E-state index >= 15 is 0 Å². The number of hydrogen-bond acceptors (Lipinski definition) is 2. The van der Waals surface area contributed by atoms with Crippen molar-refractivity contribution in [3.8, 4) is 0 Å². The molecule has 0 saturated carbocycles. The second-order valence-electron chi connectivity index (χ2n) is 5.00. The van der Waals surface area contributed by atoms with Gasteiger partial charge in [-0.2, -0.15) is 0 Å². The summed E-state index contributed by atoms with van der Waals surface area (Å²) in [6, 6.07) is 5.02. The van der Waals surface area contributed by atoms with Crippen LogP contribution in [0, 0.1) is 11.2 Å². The van der Waals surface area contributed by atoms with Crippen LogP contribution in [0.25, 0.3) is 0 Å². The largest absolute Gasteiger partial charge is 0.271 e. The second kappa shape index (κ2) is 5.13. The van der Waals surface area contributed by atoms with Gasteiger partial charge in [0.15, 0.2) is 0 Å². The van der Waals surface area contributed by atoms with E-state index in [0.717, 1.165) is 0 Å². The molecule has 2 nitrogen and oxygen atoms in total. The zero-order valence-electron chi connectivity index (χ0n) is 9.85. The molecule has 0 amide bonds. The fourth-order valence-electron chi connectivity index (χ4n) is 1.54. The Balaban J connectivity index is 2.91. The molecule has 0 heterocycles. The predicted octanol–water partition coefficient (Wildman–Crippen LogP) is 2.90. The van der Waals surface area contributed by atoms with Gasteiger partial charge >= 0.3 is 0 Å². The van der Waals surface area contributed by atoms with Crippen LogP contribution in [-0.4, -0.2) is 6.04 Å². The van der Waals surface area contributed by atoms with Crippen LogP contribution in [0.4, 0.5) is 4.39 Å². The molecule has 1 rings (SSSR count).